The van der Waals surface area contributed by atoms with Gasteiger partial charge in [-0.3, -0.25) is 18.6 Å². The van der Waals surface area contributed by atoms with E-state index in [-0.39, 0.29) is 30.5 Å². The summed E-state index contributed by atoms with van der Waals surface area (Å²) >= 11 is 1.57. The molecule has 1 atom stereocenters. The van der Waals surface area contributed by atoms with Crippen molar-refractivity contribution in [2.24, 2.45) is 0 Å². The number of nitrogens with one attached hydrogen (secondary N) is 1. The summed E-state index contributed by atoms with van der Waals surface area (Å²) in [4.78, 5) is 25.5. The number of benzene rings is 2. The molecule has 0 saturated carbocycles. The number of aryl methyl sites for hydroxylation is 1. The van der Waals surface area contributed by atoms with E-state index in [1.165, 1.54) is 5.56 Å². The highest BCUT2D eigenvalue weighted by Crippen LogP contribution is 2.24. The Morgan fingerprint density at radius 3 is 2.61 bits per heavy atom. The molecular weight excluding hydrogens is 410 g/mol. The lowest BCUT2D eigenvalue weighted by Crippen LogP contribution is -2.33. The Hall–Kier alpha value is -3.13. The molecule has 0 aliphatic heterocycles. The van der Waals surface area contributed by atoms with Crippen LogP contribution in [0.15, 0.2) is 64.5 Å². The van der Waals surface area contributed by atoms with E-state index in [1.807, 2.05) is 54.6 Å². The third-order valence-corrected chi connectivity index (χ3v) is 6.27. The van der Waals surface area contributed by atoms with Gasteiger partial charge in [-0.2, -0.15) is 0 Å². The van der Waals surface area contributed by atoms with Crippen LogP contribution in [0.3, 0.4) is 0 Å². The maximum absolute atomic E-state index is 13.2. The van der Waals surface area contributed by atoms with Gasteiger partial charge in [0.1, 0.15) is 0 Å². The van der Waals surface area contributed by atoms with E-state index >= 15 is 0 Å². The van der Waals surface area contributed by atoms with Gasteiger partial charge in [0.25, 0.3) is 5.56 Å². The molecule has 0 fully saturated rings. The number of hydrogen-bond acceptors (Lipinski definition) is 5. The van der Waals surface area contributed by atoms with Crippen molar-refractivity contribution in [2.45, 2.75) is 50.2 Å². The molecule has 0 radical (unpaired) electrons. The Labute approximate surface area is 184 Å². The third-order valence-electron chi connectivity index (χ3n) is 5.27. The number of aromatic nitrogens is 4. The smallest absolute Gasteiger partial charge is 0.262 e. The summed E-state index contributed by atoms with van der Waals surface area (Å²) in [6, 6.07) is 17.7. The molecule has 31 heavy (non-hydrogen) atoms. The van der Waals surface area contributed by atoms with E-state index < -0.39 is 0 Å². The predicted molar refractivity (Wildman–Crippen MR) is 123 cm³/mol. The molecule has 0 spiro atoms. The van der Waals surface area contributed by atoms with Crippen LogP contribution in [0, 0.1) is 0 Å². The zero-order valence-corrected chi connectivity index (χ0v) is 18.4. The van der Waals surface area contributed by atoms with Gasteiger partial charge in [0.2, 0.25) is 11.7 Å². The monoisotopic (exact) mass is 435 g/mol. The molecule has 2 heterocycles. The minimum Gasteiger partial charge on any atom is -0.354 e. The van der Waals surface area contributed by atoms with Gasteiger partial charge in [0.15, 0.2) is 5.16 Å². The van der Waals surface area contributed by atoms with Gasteiger partial charge in [-0.1, -0.05) is 61.2 Å². The standard InChI is InChI=1S/C23H25N5O2S/c1-3-16(2)24-20(29)13-14-27-21(30)18-11-7-8-12-19(18)28-22(27)25-26-23(28)31-15-17-9-5-4-6-10-17/h4-12,16H,3,13-15H2,1-2H3,(H,24,29)/t16-/m1/s1. The molecule has 2 aromatic heterocycles. The largest absolute Gasteiger partial charge is 0.354 e. The molecule has 4 aromatic rings. The molecule has 0 unspecified atom stereocenters. The van der Waals surface area contributed by atoms with Crippen LogP contribution >= 0.6 is 11.8 Å². The summed E-state index contributed by atoms with van der Waals surface area (Å²) in [6.45, 7) is 4.23. The number of fused-ring (bicyclic) bond motifs is 3. The molecule has 2 aromatic carbocycles. The van der Waals surface area contributed by atoms with Crippen LogP contribution in [0.5, 0.6) is 0 Å². The van der Waals surface area contributed by atoms with Crippen LogP contribution in [0.25, 0.3) is 16.7 Å². The molecule has 0 saturated heterocycles. The number of thioether (sulfide) groups is 1. The number of amides is 1. The van der Waals surface area contributed by atoms with Crippen LogP contribution in [0.4, 0.5) is 0 Å². The number of nitrogens with zero attached hydrogens (tertiary/aromatic N) is 4. The van der Waals surface area contributed by atoms with Crippen LogP contribution in [0.1, 0.15) is 32.3 Å². The average molecular weight is 436 g/mol. The minimum atomic E-state index is -0.161. The SMILES string of the molecule is CC[C@@H](C)NC(=O)CCn1c(=O)c2ccccc2n2c(SCc3ccccc3)nnc12. The van der Waals surface area contributed by atoms with Crippen molar-refractivity contribution in [2.75, 3.05) is 0 Å². The molecule has 4 rings (SSSR count). The van der Waals surface area contributed by atoms with Gasteiger partial charge in [-0.05, 0) is 31.0 Å². The molecule has 160 valence electrons. The first-order valence-electron chi connectivity index (χ1n) is 10.4. The summed E-state index contributed by atoms with van der Waals surface area (Å²) < 4.78 is 3.47. The first kappa shape index (κ1) is 21.1. The fourth-order valence-corrected chi connectivity index (χ4v) is 4.31. The van der Waals surface area contributed by atoms with Crippen LogP contribution in [-0.4, -0.2) is 31.1 Å². The Morgan fingerprint density at radius 2 is 1.84 bits per heavy atom. The fraction of sp³-hybridized carbons (Fsp3) is 0.304. The quantitative estimate of drug-likeness (QED) is 0.427. The molecule has 8 heteroatoms. The van der Waals surface area contributed by atoms with E-state index in [0.717, 1.165) is 17.7 Å². The van der Waals surface area contributed by atoms with Crippen molar-refractivity contribution < 1.29 is 4.79 Å². The second-order valence-corrected chi connectivity index (χ2v) is 8.44. The second kappa shape index (κ2) is 9.34. The normalized spacial score (nSPS) is 12.3. The van der Waals surface area contributed by atoms with E-state index in [1.54, 1.807) is 22.4 Å². The number of rotatable bonds is 8. The maximum atomic E-state index is 13.2. The summed E-state index contributed by atoms with van der Waals surface area (Å²) in [7, 11) is 0. The minimum absolute atomic E-state index is 0.0780. The lowest BCUT2D eigenvalue weighted by Gasteiger charge is -2.13. The van der Waals surface area contributed by atoms with Gasteiger partial charge >= 0.3 is 0 Å². The lowest BCUT2D eigenvalue weighted by atomic mass is 10.2. The summed E-state index contributed by atoms with van der Waals surface area (Å²) in [5, 5.41) is 12.9. The summed E-state index contributed by atoms with van der Waals surface area (Å²) in [6.07, 6.45) is 1.07. The maximum Gasteiger partial charge on any atom is 0.262 e. The number of hydrogen-bond donors (Lipinski definition) is 1. The van der Waals surface area contributed by atoms with Crippen molar-refractivity contribution in [1.29, 1.82) is 0 Å². The topological polar surface area (TPSA) is 81.3 Å². The first-order valence-corrected chi connectivity index (χ1v) is 11.4. The van der Waals surface area contributed by atoms with Crippen molar-refractivity contribution in [3.05, 3.63) is 70.5 Å². The average Bonchev–Trinajstić information content (AvgIpc) is 3.22. The highest BCUT2D eigenvalue weighted by atomic mass is 32.2. The fourth-order valence-electron chi connectivity index (χ4n) is 3.41. The van der Waals surface area contributed by atoms with Gasteiger partial charge < -0.3 is 5.32 Å². The highest BCUT2D eigenvalue weighted by Gasteiger charge is 2.17. The first-order chi connectivity index (χ1) is 15.1. The highest BCUT2D eigenvalue weighted by molar-refractivity contribution is 7.98. The van der Waals surface area contributed by atoms with Crippen LogP contribution in [-0.2, 0) is 17.1 Å². The molecule has 1 amide bonds. The van der Waals surface area contributed by atoms with E-state index in [0.29, 0.717) is 16.3 Å². The molecule has 1 N–H and O–H groups in total. The van der Waals surface area contributed by atoms with E-state index in [9.17, 15) is 9.59 Å². The number of carbonyl (C=O) groups excluding carboxylic acids is 1. The Kier molecular flexibility index (Phi) is 6.36. The van der Waals surface area contributed by atoms with Crippen molar-refractivity contribution in [1.82, 2.24) is 24.5 Å². The Bertz CT molecular complexity index is 1270. The Morgan fingerprint density at radius 1 is 1.10 bits per heavy atom. The van der Waals surface area contributed by atoms with Gasteiger partial charge in [0.05, 0.1) is 10.9 Å². The lowest BCUT2D eigenvalue weighted by molar-refractivity contribution is -0.121. The zero-order valence-electron chi connectivity index (χ0n) is 17.6. The number of carbonyl (C=O) groups is 1. The second-order valence-electron chi connectivity index (χ2n) is 7.49. The van der Waals surface area contributed by atoms with Gasteiger partial charge in [-0.15, -0.1) is 10.2 Å². The molecular formula is C23H25N5O2S. The van der Waals surface area contributed by atoms with Crippen molar-refractivity contribution in [3.63, 3.8) is 0 Å². The molecule has 0 aliphatic carbocycles. The zero-order chi connectivity index (χ0) is 21.8. The molecule has 0 aliphatic rings. The summed E-state index contributed by atoms with van der Waals surface area (Å²) in [5.41, 5.74) is 1.79. The van der Waals surface area contributed by atoms with Gasteiger partial charge in [0, 0.05) is 24.8 Å². The number of para-hydroxylation sites is 1. The van der Waals surface area contributed by atoms with Crippen molar-refractivity contribution >= 4 is 34.3 Å². The van der Waals surface area contributed by atoms with E-state index in [4.69, 9.17) is 0 Å². The predicted octanol–water partition coefficient (Wildman–Crippen LogP) is 3.64. The van der Waals surface area contributed by atoms with Crippen LogP contribution < -0.4 is 10.9 Å². The van der Waals surface area contributed by atoms with Gasteiger partial charge in [-0.25, -0.2) is 0 Å². The summed E-state index contributed by atoms with van der Waals surface area (Å²) in [5.74, 6) is 1.12. The third kappa shape index (κ3) is 4.49. The van der Waals surface area contributed by atoms with Crippen LogP contribution in [0.2, 0.25) is 0 Å². The van der Waals surface area contributed by atoms with Crippen molar-refractivity contribution in [3.8, 4) is 0 Å². The van der Waals surface area contributed by atoms with E-state index in [2.05, 4.69) is 27.6 Å². The molecule has 0 bridgehead atoms. The Balaban J connectivity index is 1.70. The molecule has 7 nitrogen and oxygen atoms in total.